The molecule has 0 aromatic heterocycles. The van der Waals surface area contributed by atoms with Gasteiger partial charge in [0.2, 0.25) is 5.91 Å². The third-order valence-electron chi connectivity index (χ3n) is 5.09. The van der Waals surface area contributed by atoms with E-state index in [4.69, 9.17) is 9.47 Å². The van der Waals surface area contributed by atoms with Crippen molar-refractivity contribution in [2.75, 3.05) is 19.8 Å². The minimum absolute atomic E-state index is 0.0842. The molecule has 2 unspecified atom stereocenters. The Morgan fingerprint density at radius 2 is 2.00 bits per heavy atom. The van der Waals surface area contributed by atoms with Crippen LogP contribution in [0, 0.1) is 5.92 Å². The van der Waals surface area contributed by atoms with Crippen LogP contribution >= 0.6 is 15.9 Å². The number of nitrogens with zero attached hydrogens (tertiary/aromatic N) is 1. The highest BCUT2D eigenvalue weighted by Gasteiger charge is 2.45. The third-order valence-corrected chi connectivity index (χ3v) is 5.58. The van der Waals surface area contributed by atoms with E-state index in [9.17, 15) is 4.79 Å². The van der Waals surface area contributed by atoms with Gasteiger partial charge >= 0.3 is 0 Å². The van der Waals surface area contributed by atoms with Crippen molar-refractivity contribution in [1.29, 1.82) is 0 Å². The second-order valence-electron chi connectivity index (χ2n) is 6.80. The molecule has 1 aliphatic carbocycles. The largest absolute Gasteiger partial charge is 0.486 e. The van der Waals surface area contributed by atoms with E-state index in [1.54, 1.807) is 0 Å². The maximum absolute atomic E-state index is 13.0. The van der Waals surface area contributed by atoms with Crippen LogP contribution in [-0.4, -0.2) is 30.6 Å². The Morgan fingerprint density at radius 1 is 1.19 bits per heavy atom. The molecule has 26 heavy (non-hydrogen) atoms. The highest BCUT2D eigenvalue weighted by Crippen LogP contribution is 2.49. The highest BCUT2D eigenvalue weighted by molar-refractivity contribution is 9.10. The molecular formula is C21H22BrNO3. The van der Waals surface area contributed by atoms with Crippen LogP contribution in [0.4, 0.5) is 0 Å². The zero-order valence-corrected chi connectivity index (χ0v) is 16.4. The first kappa shape index (κ1) is 17.4. The molecule has 1 saturated carbocycles. The highest BCUT2D eigenvalue weighted by atomic mass is 79.9. The minimum Gasteiger partial charge on any atom is -0.486 e. The van der Waals surface area contributed by atoms with Gasteiger partial charge in [0.25, 0.3) is 0 Å². The van der Waals surface area contributed by atoms with E-state index < -0.39 is 0 Å². The van der Waals surface area contributed by atoms with Gasteiger partial charge in [-0.15, -0.1) is 0 Å². The predicted molar refractivity (Wildman–Crippen MR) is 104 cm³/mol. The number of benzene rings is 2. The molecule has 1 heterocycles. The van der Waals surface area contributed by atoms with E-state index >= 15 is 0 Å². The minimum atomic E-state index is 0.0842. The average molecular weight is 416 g/mol. The van der Waals surface area contributed by atoms with E-state index in [2.05, 4.69) is 28.1 Å². The molecule has 2 aromatic carbocycles. The summed E-state index contributed by atoms with van der Waals surface area (Å²) in [6.07, 6.45) is 0.929. The summed E-state index contributed by atoms with van der Waals surface area (Å²) in [6, 6.07) is 14.2. The van der Waals surface area contributed by atoms with Crippen molar-refractivity contribution in [2.24, 2.45) is 5.92 Å². The number of rotatable bonds is 5. The fraction of sp³-hybridized carbons (Fsp3) is 0.381. The van der Waals surface area contributed by atoms with Crippen LogP contribution in [-0.2, 0) is 11.3 Å². The van der Waals surface area contributed by atoms with E-state index in [0.29, 0.717) is 32.2 Å². The van der Waals surface area contributed by atoms with Crippen molar-refractivity contribution < 1.29 is 14.3 Å². The van der Waals surface area contributed by atoms with Gasteiger partial charge in [0.15, 0.2) is 11.5 Å². The summed E-state index contributed by atoms with van der Waals surface area (Å²) >= 11 is 3.52. The maximum atomic E-state index is 13.0. The summed E-state index contributed by atoms with van der Waals surface area (Å²) < 4.78 is 12.5. The monoisotopic (exact) mass is 415 g/mol. The Hall–Kier alpha value is -2.01. The van der Waals surface area contributed by atoms with Gasteiger partial charge in [0.05, 0.1) is 0 Å². The molecule has 1 amide bonds. The third kappa shape index (κ3) is 3.45. The lowest BCUT2D eigenvalue weighted by atomic mass is 10.1. The molecule has 1 aliphatic heterocycles. The van der Waals surface area contributed by atoms with Crippen LogP contribution in [0.3, 0.4) is 0 Å². The number of hydrogen-bond donors (Lipinski definition) is 0. The van der Waals surface area contributed by atoms with E-state index in [0.717, 1.165) is 28.0 Å². The molecule has 4 nitrogen and oxygen atoms in total. The van der Waals surface area contributed by atoms with Gasteiger partial charge in [0, 0.05) is 29.0 Å². The van der Waals surface area contributed by atoms with Crippen molar-refractivity contribution in [1.82, 2.24) is 4.90 Å². The van der Waals surface area contributed by atoms with Crippen LogP contribution in [0.1, 0.15) is 30.4 Å². The smallest absolute Gasteiger partial charge is 0.226 e. The number of carbonyl (C=O) groups is 1. The summed E-state index contributed by atoms with van der Waals surface area (Å²) in [5.41, 5.74) is 2.25. The molecular weight excluding hydrogens is 394 g/mol. The first-order valence-electron chi connectivity index (χ1n) is 9.09. The number of carbonyl (C=O) groups excluding carboxylic acids is 1. The predicted octanol–water partition coefficient (Wildman–Crippen LogP) is 4.37. The van der Waals surface area contributed by atoms with E-state index in [1.165, 1.54) is 5.56 Å². The fourth-order valence-corrected chi connectivity index (χ4v) is 4.03. The number of hydrogen-bond acceptors (Lipinski definition) is 3. The van der Waals surface area contributed by atoms with E-state index in [1.807, 2.05) is 42.2 Å². The number of amides is 1. The first-order chi connectivity index (χ1) is 12.7. The van der Waals surface area contributed by atoms with Crippen LogP contribution in [0.25, 0.3) is 0 Å². The van der Waals surface area contributed by atoms with Gasteiger partial charge in [-0.1, -0.05) is 40.2 Å². The average Bonchev–Trinajstić information content (AvgIpc) is 3.46. The quantitative estimate of drug-likeness (QED) is 0.727. The molecule has 0 N–H and O–H groups in total. The van der Waals surface area contributed by atoms with Crippen molar-refractivity contribution in [3.8, 4) is 11.5 Å². The molecule has 2 aliphatic rings. The number of ether oxygens (including phenoxy) is 2. The molecule has 0 bridgehead atoms. The Balaban J connectivity index is 1.48. The Morgan fingerprint density at radius 3 is 2.81 bits per heavy atom. The molecule has 5 heteroatoms. The van der Waals surface area contributed by atoms with E-state index in [-0.39, 0.29) is 11.8 Å². The summed E-state index contributed by atoms with van der Waals surface area (Å²) in [5, 5.41) is 0. The van der Waals surface area contributed by atoms with Crippen molar-refractivity contribution in [3.63, 3.8) is 0 Å². The summed E-state index contributed by atoms with van der Waals surface area (Å²) in [6.45, 7) is 4.40. The normalized spacial score (nSPS) is 20.5. The second kappa shape index (κ2) is 7.31. The number of halogens is 1. The molecule has 0 saturated heterocycles. The van der Waals surface area contributed by atoms with Crippen molar-refractivity contribution in [3.05, 3.63) is 58.1 Å². The van der Waals surface area contributed by atoms with Crippen molar-refractivity contribution >= 4 is 21.8 Å². The standard InChI is InChI=1S/C21H22BrNO3/c1-2-23(13-15-6-4-8-19-20(15)26-10-9-25-19)21(24)18-12-17(18)14-5-3-7-16(22)11-14/h3-8,11,17-18H,2,9-10,12-13H2,1H3. The van der Waals surface area contributed by atoms with Gasteiger partial charge in [-0.05, 0) is 43.0 Å². The maximum Gasteiger partial charge on any atom is 0.226 e. The molecule has 2 aromatic rings. The fourth-order valence-electron chi connectivity index (χ4n) is 3.62. The number of fused-ring (bicyclic) bond motifs is 1. The zero-order chi connectivity index (χ0) is 18.1. The zero-order valence-electron chi connectivity index (χ0n) is 14.8. The SMILES string of the molecule is CCN(Cc1cccc2c1OCCO2)C(=O)C1CC1c1cccc(Br)c1. The first-order valence-corrected chi connectivity index (χ1v) is 9.88. The van der Waals surface area contributed by atoms with Gasteiger partial charge < -0.3 is 14.4 Å². The lowest BCUT2D eigenvalue weighted by Crippen LogP contribution is -2.32. The second-order valence-corrected chi connectivity index (χ2v) is 7.71. The van der Waals surface area contributed by atoms with Gasteiger partial charge in [0.1, 0.15) is 13.2 Å². The van der Waals surface area contributed by atoms with Crippen LogP contribution in [0.2, 0.25) is 0 Å². The molecule has 4 rings (SSSR count). The van der Waals surface area contributed by atoms with Gasteiger partial charge in [-0.2, -0.15) is 0 Å². The van der Waals surface area contributed by atoms with Crippen LogP contribution in [0.15, 0.2) is 46.9 Å². The lowest BCUT2D eigenvalue weighted by Gasteiger charge is -2.25. The number of para-hydroxylation sites is 1. The topological polar surface area (TPSA) is 38.8 Å². The molecule has 1 fully saturated rings. The summed E-state index contributed by atoms with van der Waals surface area (Å²) in [4.78, 5) is 14.9. The van der Waals surface area contributed by atoms with Gasteiger partial charge in [-0.3, -0.25) is 4.79 Å². The van der Waals surface area contributed by atoms with Crippen LogP contribution < -0.4 is 9.47 Å². The lowest BCUT2D eigenvalue weighted by molar-refractivity contribution is -0.133. The molecule has 0 spiro atoms. The Bertz CT molecular complexity index is 823. The Labute approximate surface area is 162 Å². The summed E-state index contributed by atoms with van der Waals surface area (Å²) in [7, 11) is 0. The molecule has 136 valence electrons. The molecule has 2 atom stereocenters. The van der Waals surface area contributed by atoms with Crippen LogP contribution in [0.5, 0.6) is 11.5 Å². The summed E-state index contributed by atoms with van der Waals surface area (Å²) in [5.74, 6) is 2.20. The molecule has 0 radical (unpaired) electrons. The van der Waals surface area contributed by atoms with Gasteiger partial charge in [-0.25, -0.2) is 0 Å². The Kier molecular flexibility index (Phi) is 4.90. The van der Waals surface area contributed by atoms with Crippen molar-refractivity contribution in [2.45, 2.75) is 25.8 Å².